The summed E-state index contributed by atoms with van der Waals surface area (Å²) in [6, 6.07) is 13.0. The third kappa shape index (κ3) is 5.94. The molecule has 0 spiro atoms. The van der Waals surface area contributed by atoms with Crippen molar-refractivity contribution in [2.24, 2.45) is 0 Å². The van der Waals surface area contributed by atoms with Crippen LogP contribution in [0.1, 0.15) is 36.0 Å². The van der Waals surface area contributed by atoms with Crippen LogP contribution in [-0.2, 0) is 19.6 Å². The standard InChI is InChI=1S/C23H24FN3O5S/c24-20-10-2-3-11-21(20)27(15-7-12-25)22(28)17-32-23(29)18-8-6-9-19(16-18)33(30,31)26-13-4-1-5-14-26/h2-3,6,8-11,16H,1,4-5,7,13-15,17H2. The van der Waals surface area contributed by atoms with Gasteiger partial charge in [0.2, 0.25) is 10.0 Å². The molecular weight excluding hydrogens is 449 g/mol. The van der Waals surface area contributed by atoms with Gasteiger partial charge in [0.05, 0.1) is 28.6 Å². The first-order valence-corrected chi connectivity index (χ1v) is 12.0. The highest BCUT2D eigenvalue weighted by molar-refractivity contribution is 7.89. The van der Waals surface area contributed by atoms with Gasteiger partial charge in [0.15, 0.2) is 6.61 Å². The molecule has 2 aromatic carbocycles. The fraction of sp³-hybridized carbons (Fsp3) is 0.348. The van der Waals surface area contributed by atoms with Crippen LogP contribution in [-0.4, -0.2) is 50.8 Å². The predicted molar refractivity (Wildman–Crippen MR) is 118 cm³/mol. The number of sulfonamides is 1. The molecule has 0 unspecified atom stereocenters. The number of hydrogen-bond acceptors (Lipinski definition) is 6. The smallest absolute Gasteiger partial charge is 0.338 e. The van der Waals surface area contributed by atoms with Crippen molar-refractivity contribution >= 4 is 27.6 Å². The second kappa shape index (κ2) is 11.0. The number of amides is 1. The Morgan fingerprint density at radius 2 is 1.82 bits per heavy atom. The molecule has 1 saturated heterocycles. The molecule has 0 saturated carbocycles. The van der Waals surface area contributed by atoms with Crippen molar-refractivity contribution in [2.45, 2.75) is 30.6 Å². The molecule has 1 aliphatic heterocycles. The molecule has 33 heavy (non-hydrogen) atoms. The van der Waals surface area contributed by atoms with Gasteiger partial charge < -0.3 is 9.64 Å². The number of nitriles is 1. The van der Waals surface area contributed by atoms with Crippen LogP contribution < -0.4 is 4.90 Å². The SMILES string of the molecule is N#CCCN(C(=O)COC(=O)c1cccc(S(=O)(=O)N2CCCCC2)c1)c1ccccc1F. The summed E-state index contributed by atoms with van der Waals surface area (Å²) in [4.78, 5) is 26.2. The molecule has 1 aliphatic rings. The molecule has 0 aromatic heterocycles. The molecule has 0 radical (unpaired) electrons. The minimum absolute atomic E-state index is 0.0182. The Labute approximate surface area is 192 Å². The third-order valence-electron chi connectivity index (χ3n) is 5.24. The first-order chi connectivity index (χ1) is 15.8. The van der Waals surface area contributed by atoms with E-state index in [2.05, 4.69) is 0 Å². The molecule has 3 rings (SSSR count). The Balaban J connectivity index is 1.71. The van der Waals surface area contributed by atoms with E-state index in [-0.39, 0.29) is 29.1 Å². The van der Waals surface area contributed by atoms with E-state index in [0.29, 0.717) is 13.1 Å². The summed E-state index contributed by atoms with van der Waals surface area (Å²) in [5, 5.41) is 8.85. The second-order valence-electron chi connectivity index (χ2n) is 7.47. The first kappa shape index (κ1) is 24.4. The molecule has 174 valence electrons. The van der Waals surface area contributed by atoms with Crippen LogP contribution in [0.25, 0.3) is 0 Å². The van der Waals surface area contributed by atoms with E-state index in [1.807, 2.05) is 6.07 Å². The Morgan fingerprint density at radius 1 is 1.09 bits per heavy atom. The maximum atomic E-state index is 14.2. The summed E-state index contributed by atoms with van der Waals surface area (Å²) < 4.78 is 46.3. The zero-order valence-corrected chi connectivity index (χ0v) is 18.8. The molecule has 0 bridgehead atoms. The Morgan fingerprint density at radius 3 is 2.52 bits per heavy atom. The first-order valence-electron chi connectivity index (χ1n) is 10.5. The van der Waals surface area contributed by atoms with Crippen LogP contribution in [0.3, 0.4) is 0 Å². The third-order valence-corrected chi connectivity index (χ3v) is 7.14. The topological polar surface area (TPSA) is 108 Å². The lowest BCUT2D eigenvalue weighted by atomic mass is 10.2. The molecule has 8 nitrogen and oxygen atoms in total. The monoisotopic (exact) mass is 473 g/mol. The minimum atomic E-state index is -3.74. The Kier molecular flexibility index (Phi) is 8.14. The average Bonchev–Trinajstić information content (AvgIpc) is 2.84. The zero-order valence-electron chi connectivity index (χ0n) is 17.9. The number of anilines is 1. The molecule has 2 aromatic rings. The van der Waals surface area contributed by atoms with Crippen molar-refractivity contribution in [3.05, 3.63) is 59.9 Å². The number of ether oxygens (including phenoxy) is 1. The summed E-state index contributed by atoms with van der Waals surface area (Å²) in [6.45, 7) is 0.0965. The summed E-state index contributed by atoms with van der Waals surface area (Å²) >= 11 is 0. The average molecular weight is 474 g/mol. The van der Waals surface area contributed by atoms with Gasteiger partial charge in [0.25, 0.3) is 5.91 Å². The number of hydrogen-bond donors (Lipinski definition) is 0. The summed E-state index contributed by atoms with van der Waals surface area (Å²) in [5.41, 5.74) is -0.0428. The van der Waals surface area contributed by atoms with Crippen molar-refractivity contribution in [2.75, 3.05) is 31.1 Å². The number of halogens is 1. The molecule has 1 amide bonds. The molecule has 0 aliphatic carbocycles. The predicted octanol–water partition coefficient (Wildman–Crippen LogP) is 3.10. The van der Waals surface area contributed by atoms with Gasteiger partial charge >= 0.3 is 5.97 Å². The lowest BCUT2D eigenvalue weighted by Crippen LogP contribution is -2.36. The fourth-order valence-electron chi connectivity index (χ4n) is 3.54. The summed E-state index contributed by atoms with van der Waals surface area (Å²) in [5.74, 6) is -2.24. The maximum Gasteiger partial charge on any atom is 0.338 e. The van der Waals surface area contributed by atoms with Crippen LogP contribution in [0.2, 0.25) is 0 Å². The summed E-state index contributed by atoms with van der Waals surface area (Å²) in [7, 11) is -3.74. The van der Waals surface area contributed by atoms with Crippen molar-refractivity contribution in [3.8, 4) is 6.07 Å². The van der Waals surface area contributed by atoms with Crippen LogP contribution in [0, 0.1) is 17.1 Å². The van der Waals surface area contributed by atoms with Crippen LogP contribution in [0.5, 0.6) is 0 Å². The van der Waals surface area contributed by atoms with Crippen molar-refractivity contribution in [3.63, 3.8) is 0 Å². The van der Waals surface area contributed by atoms with Gasteiger partial charge in [-0.2, -0.15) is 9.57 Å². The van der Waals surface area contributed by atoms with Gasteiger partial charge in [0, 0.05) is 19.6 Å². The number of carbonyl (C=O) groups is 2. The van der Waals surface area contributed by atoms with E-state index in [4.69, 9.17) is 10.00 Å². The molecular formula is C23H24FN3O5S. The lowest BCUT2D eigenvalue weighted by molar-refractivity contribution is -0.121. The van der Waals surface area contributed by atoms with Gasteiger partial charge in [-0.15, -0.1) is 0 Å². The Hall–Kier alpha value is -3.29. The summed E-state index contributed by atoms with van der Waals surface area (Å²) in [6.07, 6.45) is 2.51. The molecule has 0 N–H and O–H groups in total. The molecule has 1 fully saturated rings. The van der Waals surface area contributed by atoms with E-state index in [0.717, 1.165) is 24.2 Å². The minimum Gasteiger partial charge on any atom is -0.452 e. The van der Waals surface area contributed by atoms with E-state index in [1.165, 1.54) is 46.8 Å². The van der Waals surface area contributed by atoms with Crippen molar-refractivity contribution in [1.29, 1.82) is 5.26 Å². The number of para-hydroxylation sites is 1. The van der Waals surface area contributed by atoms with Gasteiger partial charge in [-0.1, -0.05) is 24.6 Å². The van der Waals surface area contributed by atoms with Crippen molar-refractivity contribution in [1.82, 2.24) is 4.31 Å². The van der Waals surface area contributed by atoms with Crippen LogP contribution in [0.15, 0.2) is 53.4 Å². The lowest BCUT2D eigenvalue weighted by Gasteiger charge is -2.26. The van der Waals surface area contributed by atoms with E-state index in [9.17, 15) is 22.4 Å². The largest absolute Gasteiger partial charge is 0.452 e. The fourth-order valence-corrected chi connectivity index (χ4v) is 5.10. The molecule has 0 atom stereocenters. The maximum absolute atomic E-state index is 14.2. The second-order valence-corrected chi connectivity index (χ2v) is 9.41. The molecule has 1 heterocycles. The van der Waals surface area contributed by atoms with Crippen molar-refractivity contribution < 1.29 is 27.1 Å². The quantitative estimate of drug-likeness (QED) is 0.545. The number of rotatable bonds is 8. The number of benzene rings is 2. The highest BCUT2D eigenvalue weighted by atomic mass is 32.2. The highest BCUT2D eigenvalue weighted by Gasteiger charge is 2.27. The normalized spacial score (nSPS) is 14.3. The van der Waals surface area contributed by atoms with Crippen LogP contribution in [0.4, 0.5) is 10.1 Å². The highest BCUT2D eigenvalue weighted by Crippen LogP contribution is 2.22. The van der Waals surface area contributed by atoms with E-state index >= 15 is 0 Å². The van der Waals surface area contributed by atoms with E-state index in [1.54, 1.807) is 6.07 Å². The zero-order chi connectivity index (χ0) is 23.8. The van der Waals surface area contributed by atoms with Gasteiger partial charge in [-0.3, -0.25) is 4.79 Å². The Bertz CT molecular complexity index is 1160. The van der Waals surface area contributed by atoms with Gasteiger partial charge in [0.1, 0.15) is 5.82 Å². The van der Waals surface area contributed by atoms with Gasteiger partial charge in [-0.05, 0) is 43.2 Å². The number of esters is 1. The van der Waals surface area contributed by atoms with Gasteiger partial charge in [-0.25, -0.2) is 17.6 Å². The molecule has 10 heteroatoms. The van der Waals surface area contributed by atoms with E-state index < -0.39 is 34.3 Å². The number of carbonyl (C=O) groups excluding carboxylic acids is 2. The number of piperidine rings is 1. The van der Waals surface area contributed by atoms with Crippen LogP contribution >= 0.6 is 0 Å². The number of nitrogens with zero attached hydrogens (tertiary/aromatic N) is 3.